The third-order valence-corrected chi connectivity index (χ3v) is 1.55. The second-order valence-electron chi connectivity index (χ2n) is 2.37. The Morgan fingerprint density at radius 3 is 2.60 bits per heavy atom. The van der Waals surface area contributed by atoms with Crippen molar-refractivity contribution in [3.8, 4) is 11.8 Å². The first kappa shape index (κ1) is 9.52. The number of rotatable bonds is 4. The molecule has 0 amide bonds. The molecule has 1 nitrogen and oxygen atoms in total. The Hall–Kier alpha value is -0.480. The summed E-state index contributed by atoms with van der Waals surface area (Å²) < 4.78 is 0. The molecule has 0 fully saturated rings. The summed E-state index contributed by atoms with van der Waals surface area (Å²) in [5, 5.41) is 8.53. The predicted molar refractivity (Wildman–Crippen MR) is 43.6 cm³/mol. The van der Waals surface area contributed by atoms with Gasteiger partial charge in [0.2, 0.25) is 0 Å². The zero-order valence-corrected chi connectivity index (χ0v) is 6.85. The summed E-state index contributed by atoms with van der Waals surface area (Å²) in [6.45, 7) is 4.29. The van der Waals surface area contributed by atoms with Crippen LogP contribution in [-0.4, -0.2) is 11.7 Å². The highest BCUT2D eigenvalue weighted by Gasteiger charge is 1.99. The number of hydrogen-bond donors (Lipinski definition) is 1. The molecule has 0 spiro atoms. The van der Waals surface area contributed by atoms with Crippen LogP contribution in [0.2, 0.25) is 0 Å². The molecule has 0 aliphatic carbocycles. The van der Waals surface area contributed by atoms with E-state index in [1.54, 1.807) is 0 Å². The van der Waals surface area contributed by atoms with E-state index >= 15 is 0 Å². The summed E-state index contributed by atoms with van der Waals surface area (Å²) in [6.07, 6.45) is 3.02. The second-order valence-corrected chi connectivity index (χ2v) is 2.37. The van der Waals surface area contributed by atoms with Crippen molar-refractivity contribution in [2.75, 3.05) is 6.61 Å². The van der Waals surface area contributed by atoms with E-state index in [2.05, 4.69) is 18.8 Å². The smallest absolute Gasteiger partial charge is 0.0431 e. The summed E-state index contributed by atoms with van der Waals surface area (Å²) in [7, 11) is 0. The molecule has 0 radical (unpaired) electrons. The van der Waals surface area contributed by atoms with Gasteiger partial charge in [-0.3, -0.25) is 0 Å². The van der Waals surface area contributed by atoms with Gasteiger partial charge in [0.05, 0.1) is 0 Å². The van der Waals surface area contributed by atoms with Gasteiger partial charge in [-0.1, -0.05) is 6.92 Å². The molecule has 0 heterocycles. The Kier molecular flexibility index (Phi) is 6.32. The van der Waals surface area contributed by atoms with Gasteiger partial charge in [0, 0.05) is 12.5 Å². The first-order valence-corrected chi connectivity index (χ1v) is 3.88. The highest BCUT2D eigenvalue weighted by molar-refractivity contribution is 5.00. The van der Waals surface area contributed by atoms with E-state index in [9.17, 15) is 0 Å². The predicted octanol–water partition coefficient (Wildman–Crippen LogP) is 1.81. The molecular formula is C9H16O. The molecule has 1 atom stereocenters. The van der Waals surface area contributed by atoms with Crippen molar-refractivity contribution in [3.63, 3.8) is 0 Å². The molecule has 1 N–H and O–H groups in total. The van der Waals surface area contributed by atoms with Gasteiger partial charge in [-0.15, -0.1) is 11.8 Å². The maximum atomic E-state index is 8.53. The fourth-order valence-corrected chi connectivity index (χ4v) is 0.920. The minimum absolute atomic E-state index is 0.294. The highest BCUT2D eigenvalue weighted by Crippen LogP contribution is 2.08. The van der Waals surface area contributed by atoms with Crippen molar-refractivity contribution >= 4 is 0 Å². The van der Waals surface area contributed by atoms with Gasteiger partial charge in [0.15, 0.2) is 0 Å². The van der Waals surface area contributed by atoms with E-state index in [1.165, 1.54) is 0 Å². The molecule has 0 aromatic carbocycles. The lowest BCUT2D eigenvalue weighted by Crippen LogP contribution is -1.96. The SMILES string of the molecule is CC#C[C@H](CC)CCCO. The van der Waals surface area contributed by atoms with Crippen molar-refractivity contribution in [2.45, 2.75) is 33.1 Å². The molecule has 0 aromatic heterocycles. The number of aliphatic hydroxyl groups excluding tert-OH is 1. The average molecular weight is 140 g/mol. The molecule has 0 unspecified atom stereocenters. The van der Waals surface area contributed by atoms with Crippen LogP contribution in [0.1, 0.15) is 33.1 Å². The van der Waals surface area contributed by atoms with Crippen molar-refractivity contribution in [3.05, 3.63) is 0 Å². The molecule has 0 saturated heterocycles. The van der Waals surface area contributed by atoms with Crippen LogP contribution in [0.3, 0.4) is 0 Å². The van der Waals surface area contributed by atoms with Crippen LogP contribution in [0.25, 0.3) is 0 Å². The summed E-state index contributed by atoms with van der Waals surface area (Å²) in [5.74, 6) is 6.50. The van der Waals surface area contributed by atoms with Crippen molar-refractivity contribution in [1.29, 1.82) is 0 Å². The standard InChI is InChI=1S/C9H16O/c1-3-6-9(4-2)7-5-8-10/h9-10H,4-5,7-8H2,1-2H3/t9-/m0/s1. The van der Waals surface area contributed by atoms with Crippen molar-refractivity contribution in [2.24, 2.45) is 5.92 Å². The van der Waals surface area contributed by atoms with E-state index in [1.807, 2.05) is 6.92 Å². The monoisotopic (exact) mass is 140 g/mol. The lowest BCUT2D eigenvalue weighted by atomic mass is 10.0. The molecule has 58 valence electrons. The third-order valence-electron chi connectivity index (χ3n) is 1.55. The number of hydrogen-bond acceptors (Lipinski definition) is 1. The third kappa shape index (κ3) is 4.40. The van der Waals surface area contributed by atoms with Crippen LogP contribution in [0.15, 0.2) is 0 Å². The highest BCUT2D eigenvalue weighted by atomic mass is 16.2. The molecule has 0 aromatic rings. The first-order chi connectivity index (χ1) is 4.85. The van der Waals surface area contributed by atoms with Crippen LogP contribution in [0.4, 0.5) is 0 Å². The fraction of sp³-hybridized carbons (Fsp3) is 0.778. The summed E-state index contributed by atoms with van der Waals surface area (Å²) in [4.78, 5) is 0. The maximum absolute atomic E-state index is 8.53. The van der Waals surface area contributed by atoms with Gasteiger partial charge in [-0.05, 0) is 26.2 Å². The van der Waals surface area contributed by atoms with Crippen LogP contribution in [0.5, 0.6) is 0 Å². The van der Waals surface area contributed by atoms with Gasteiger partial charge >= 0.3 is 0 Å². The Morgan fingerprint density at radius 2 is 2.20 bits per heavy atom. The van der Waals surface area contributed by atoms with E-state index < -0.39 is 0 Å². The van der Waals surface area contributed by atoms with Gasteiger partial charge in [-0.25, -0.2) is 0 Å². The van der Waals surface area contributed by atoms with Gasteiger partial charge in [0.1, 0.15) is 0 Å². The molecule has 0 bridgehead atoms. The summed E-state index contributed by atoms with van der Waals surface area (Å²) in [5.41, 5.74) is 0. The molecule has 0 aliphatic heterocycles. The zero-order valence-electron chi connectivity index (χ0n) is 6.85. The Balaban J connectivity index is 3.46. The normalized spacial score (nSPS) is 11.9. The minimum Gasteiger partial charge on any atom is -0.396 e. The molecular weight excluding hydrogens is 124 g/mol. The maximum Gasteiger partial charge on any atom is 0.0431 e. The van der Waals surface area contributed by atoms with Crippen molar-refractivity contribution in [1.82, 2.24) is 0 Å². The van der Waals surface area contributed by atoms with Crippen LogP contribution < -0.4 is 0 Å². The summed E-state index contributed by atoms with van der Waals surface area (Å²) >= 11 is 0. The summed E-state index contributed by atoms with van der Waals surface area (Å²) in [6, 6.07) is 0. The van der Waals surface area contributed by atoms with E-state index in [-0.39, 0.29) is 0 Å². The van der Waals surface area contributed by atoms with E-state index in [0.29, 0.717) is 12.5 Å². The lowest BCUT2D eigenvalue weighted by Gasteiger charge is -2.04. The fourth-order valence-electron chi connectivity index (χ4n) is 0.920. The largest absolute Gasteiger partial charge is 0.396 e. The molecule has 1 heteroatoms. The van der Waals surface area contributed by atoms with Gasteiger partial charge in [-0.2, -0.15) is 0 Å². The molecule has 10 heavy (non-hydrogen) atoms. The van der Waals surface area contributed by atoms with Crippen LogP contribution >= 0.6 is 0 Å². The first-order valence-electron chi connectivity index (χ1n) is 3.88. The average Bonchev–Trinajstić information content (AvgIpc) is 1.98. The van der Waals surface area contributed by atoms with E-state index in [0.717, 1.165) is 19.3 Å². The Labute approximate surface area is 63.5 Å². The molecule has 0 rings (SSSR count). The van der Waals surface area contributed by atoms with Crippen molar-refractivity contribution < 1.29 is 5.11 Å². The quantitative estimate of drug-likeness (QED) is 0.590. The van der Waals surface area contributed by atoms with Gasteiger partial charge < -0.3 is 5.11 Å². The zero-order chi connectivity index (χ0) is 7.82. The Morgan fingerprint density at radius 1 is 1.50 bits per heavy atom. The van der Waals surface area contributed by atoms with Crippen LogP contribution in [0, 0.1) is 17.8 Å². The van der Waals surface area contributed by atoms with Crippen LogP contribution in [-0.2, 0) is 0 Å². The topological polar surface area (TPSA) is 20.2 Å². The Bertz CT molecular complexity index is 118. The number of aliphatic hydroxyl groups is 1. The minimum atomic E-state index is 0.294. The second kappa shape index (κ2) is 6.64. The lowest BCUT2D eigenvalue weighted by molar-refractivity contribution is 0.277. The molecule has 0 saturated carbocycles. The molecule has 0 aliphatic rings. The van der Waals surface area contributed by atoms with E-state index in [4.69, 9.17) is 5.11 Å². The van der Waals surface area contributed by atoms with Gasteiger partial charge in [0.25, 0.3) is 0 Å².